The fraction of sp³-hybridized carbons (Fsp3) is 0.421. The number of anilines is 1. The van der Waals surface area contributed by atoms with Crippen molar-refractivity contribution in [2.75, 3.05) is 18.2 Å². The van der Waals surface area contributed by atoms with Gasteiger partial charge in [0.15, 0.2) is 0 Å². The summed E-state index contributed by atoms with van der Waals surface area (Å²) in [4.78, 5) is 54.6. The highest BCUT2D eigenvalue weighted by Crippen LogP contribution is 2.53. The predicted octanol–water partition coefficient (Wildman–Crippen LogP) is 8.24. The third kappa shape index (κ3) is 9.12. The van der Waals surface area contributed by atoms with Gasteiger partial charge in [0, 0.05) is 40.6 Å². The Labute approximate surface area is 310 Å². The molecule has 0 saturated carbocycles. The quantitative estimate of drug-likeness (QED) is 0.190. The smallest absolute Gasteiger partial charge is 0.335 e. The molecule has 2 N–H and O–H groups in total. The van der Waals surface area contributed by atoms with Crippen molar-refractivity contribution in [3.63, 3.8) is 0 Å². The molecule has 13 heteroatoms. The van der Waals surface area contributed by atoms with E-state index in [2.05, 4.69) is 9.68 Å². The van der Waals surface area contributed by atoms with Gasteiger partial charge >= 0.3 is 5.97 Å². The average Bonchev–Trinajstić information content (AvgIpc) is 3.05. The molecule has 0 spiro atoms. The van der Waals surface area contributed by atoms with E-state index in [0.717, 1.165) is 11.1 Å². The summed E-state index contributed by atoms with van der Waals surface area (Å²) >= 11 is 12.9. The van der Waals surface area contributed by atoms with E-state index in [1.807, 2.05) is 44.2 Å². The average molecular weight is 759 g/mol. The molecule has 1 aliphatic rings. The lowest BCUT2D eigenvalue weighted by atomic mass is 9.66. The number of aromatic carboxylic acids is 1. The van der Waals surface area contributed by atoms with E-state index in [-0.39, 0.29) is 53.3 Å². The number of carbonyl (C=O) groups is 4. The molecule has 4 rings (SSSR count). The second-order valence-electron chi connectivity index (χ2n) is 13.9. The number of amides is 3. The molecule has 1 saturated heterocycles. The highest BCUT2D eigenvalue weighted by atomic mass is 35.5. The maximum Gasteiger partial charge on any atom is 0.335 e. The maximum atomic E-state index is 15.2. The summed E-state index contributed by atoms with van der Waals surface area (Å²) in [5.74, 6) is -3.04. The zero-order valence-electron chi connectivity index (χ0n) is 29.8. The van der Waals surface area contributed by atoms with Crippen LogP contribution in [0.4, 0.5) is 5.69 Å². The number of benzene rings is 3. The largest absolute Gasteiger partial charge is 0.495 e. The molecule has 274 valence electrons. The van der Waals surface area contributed by atoms with Crippen molar-refractivity contribution in [3.05, 3.63) is 93.5 Å². The van der Waals surface area contributed by atoms with Crippen molar-refractivity contribution in [3.8, 4) is 5.75 Å². The third-order valence-electron chi connectivity index (χ3n) is 9.42. The zero-order chi connectivity index (χ0) is 37.8. The maximum absolute atomic E-state index is 15.2. The van der Waals surface area contributed by atoms with Crippen molar-refractivity contribution in [1.29, 1.82) is 0 Å². The molecule has 0 radical (unpaired) electrons. The molecule has 51 heavy (non-hydrogen) atoms. The Bertz CT molecular complexity index is 1920. The molecule has 0 bridgehead atoms. The van der Waals surface area contributed by atoms with Crippen molar-refractivity contribution < 1.29 is 33.2 Å². The van der Waals surface area contributed by atoms with Crippen LogP contribution in [0.1, 0.15) is 87.8 Å². The molecular weight excluding hydrogens is 713 g/mol. The van der Waals surface area contributed by atoms with Crippen molar-refractivity contribution in [2.24, 2.45) is 15.7 Å². The minimum absolute atomic E-state index is 0.0123. The Morgan fingerprint density at radius 3 is 2.24 bits per heavy atom. The molecule has 10 nitrogen and oxygen atoms in total. The number of methoxy groups -OCH3 is 1. The minimum Gasteiger partial charge on any atom is -0.495 e. The number of halogens is 2. The summed E-state index contributed by atoms with van der Waals surface area (Å²) < 4.78 is 23.9. The molecule has 3 aromatic rings. The number of carboxylic acid groups (broad SMARTS) is 1. The van der Waals surface area contributed by atoms with E-state index in [9.17, 15) is 23.7 Å². The number of carbonyl (C=O) groups excluding carboxylic acids is 3. The summed E-state index contributed by atoms with van der Waals surface area (Å²) in [6.45, 7) is 10.4. The van der Waals surface area contributed by atoms with Crippen LogP contribution >= 0.6 is 23.2 Å². The lowest BCUT2D eigenvalue weighted by Gasteiger charge is -2.53. The topological polar surface area (TPSA) is 142 Å². The normalized spacial score (nSPS) is 20.8. The van der Waals surface area contributed by atoms with Gasteiger partial charge in [-0.15, -0.1) is 0 Å². The van der Waals surface area contributed by atoms with Crippen molar-refractivity contribution in [2.45, 2.75) is 77.6 Å². The molecule has 5 atom stereocenters. The SMILES string of the molecule is COc1cc(C(=O)O)ccc1NC(=O)C[C@@]1(C)C[C@H](c2cccc(Cl)c2)[C@@H](c2ccc(Cl)cc2)N([C@H](CS(=O)(=NC(C)=O)C(C)C)C(C)C)C1=O. The van der Waals surface area contributed by atoms with Gasteiger partial charge < -0.3 is 20.1 Å². The van der Waals surface area contributed by atoms with Crippen LogP contribution in [0.3, 0.4) is 0 Å². The molecule has 1 heterocycles. The third-order valence-corrected chi connectivity index (χ3v) is 12.8. The summed E-state index contributed by atoms with van der Waals surface area (Å²) in [5.41, 5.74) is 0.597. The number of rotatable bonds is 12. The number of carboxylic acids is 1. The number of piperidine rings is 1. The van der Waals surface area contributed by atoms with E-state index >= 15 is 4.79 Å². The van der Waals surface area contributed by atoms with E-state index in [0.29, 0.717) is 10.0 Å². The van der Waals surface area contributed by atoms with E-state index in [4.69, 9.17) is 27.9 Å². The lowest BCUT2D eigenvalue weighted by Crippen LogP contribution is -2.59. The minimum atomic E-state index is -3.14. The van der Waals surface area contributed by atoms with Gasteiger partial charge in [0.2, 0.25) is 11.8 Å². The van der Waals surface area contributed by atoms with E-state index in [1.54, 1.807) is 43.9 Å². The number of hydrogen-bond donors (Lipinski definition) is 2. The first-order chi connectivity index (χ1) is 23.9. The fourth-order valence-corrected chi connectivity index (χ4v) is 9.24. The molecule has 1 unspecified atom stereocenters. The molecule has 0 aromatic heterocycles. The van der Waals surface area contributed by atoms with E-state index in [1.165, 1.54) is 32.2 Å². The first kappa shape index (κ1) is 39.8. The van der Waals surface area contributed by atoms with Gasteiger partial charge in [-0.25, -0.2) is 9.00 Å². The van der Waals surface area contributed by atoms with Gasteiger partial charge in [-0.3, -0.25) is 14.4 Å². The summed E-state index contributed by atoms with van der Waals surface area (Å²) in [6, 6.07) is 17.5. The number of likely N-dealkylation sites (tertiary alicyclic amines) is 1. The Morgan fingerprint density at radius 2 is 1.69 bits per heavy atom. The van der Waals surface area contributed by atoms with Gasteiger partial charge in [-0.05, 0) is 65.9 Å². The number of hydrogen-bond acceptors (Lipinski definition) is 6. The van der Waals surface area contributed by atoms with Crippen LogP contribution in [0.25, 0.3) is 0 Å². The standard InChI is InChI=1S/C38H45Cl2N3O7S/c1-22(2)32(21-51(49,23(3)4)42-24(5)44)43-35(25-11-14-28(39)15-12-25)30(26-9-8-10-29(40)17-26)19-38(6,37(43)48)20-34(45)41-31-16-13-27(36(46)47)18-33(31)50-7/h8-18,22-23,30,32,35H,19-21H2,1-7H3,(H,41,45)(H,46,47)/t30-,32-,35-,38-,51?/m1/s1. The van der Waals surface area contributed by atoms with Crippen LogP contribution < -0.4 is 10.1 Å². The molecule has 1 fully saturated rings. The van der Waals surface area contributed by atoms with Crippen LogP contribution in [0.2, 0.25) is 10.0 Å². The van der Waals surface area contributed by atoms with Gasteiger partial charge in [-0.1, -0.05) is 82.1 Å². The van der Waals surface area contributed by atoms with Gasteiger partial charge in [0.25, 0.3) is 5.91 Å². The highest BCUT2D eigenvalue weighted by molar-refractivity contribution is 7.94. The number of nitrogens with zero attached hydrogens (tertiary/aromatic N) is 2. The van der Waals surface area contributed by atoms with Crippen LogP contribution in [-0.4, -0.2) is 62.1 Å². The molecule has 3 aromatic carbocycles. The van der Waals surface area contributed by atoms with Crippen LogP contribution in [0.15, 0.2) is 71.1 Å². The number of nitrogens with one attached hydrogen (secondary N) is 1. The summed E-state index contributed by atoms with van der Waals surface area (Å²) in [7, 11) is -1.77. The Balaban J connectivity index is 1.90. The zero-order valence-corrected chi connectivity index (χ0v) is 32.1. The van der Waals surface area contributed by atoms with Crippen LogP contribution in [0, 0.1) is 11.3 Å². The van der Waals surface area contributed by atoms with Crippen LogP contribution in [0.5, 0.6) is 5.75 Å². The predicted molar refractivity (Wildman–Crippen MR) is 201 cm³/mol. The fourth-order valence-electron chi connectivity index (χ4n) is 6.78. The monoisotopic (exact) mass is 757 g/mol. The first-order valence-corrected chi connectivity index (χ1v) is 19.2. The Morgan fingerprint density at radius 1 is 1.02 bits per heavy atom. The van der Waals surface area contributed by atoms with Crippen molar-refractivity contribution >= 4 is 62.3 Å². The second kappa shape index (κ2) is 16.2. The lowest BCUT2D eigenvalue weighted by molar-refractivity contribution is -0.157. The highest BCUT2D eigenvalue weighted by Gasteiger charge is 2.53. The molecule has 0 aliphatic carbocycles. The molecular formula is C38H45Cl2N3O7S. The van der Waals surface area contributed by atoms with Crippen LogP contribution in [-0.2, 0) is 24.1 Å². The first-order valence-electron chi connectivity index (χ1n) is 16.7. The van der Waals surface area contributed by atoms with Crippen molar-refractivity contribution in [1.82, 2.24) is 4.90 Å². The Hall–Kier alpha value is -3.93. The van der Waals surface area contributed by atoms with Gasteiger partial charge in [-0.2, -0.15) is 4.36 Å². The van der Waals surface area contributed by atoms with E-state index < -0.39 is 50.3 Å². The molecule has 1 aliphatic heterocycles. The summed E-state index contributed by atoms with van der Waals surface area (Å²) in [5, 5.41) is 12.8. The Kier molecular flexibility index (Phi) is 12.6. The van der Waals surface area contributed by atoms with Gasteiger partial charge in [0.05, 0.1) is 45.3 Å². The molecule has 3 amide bonds. The number of ether oxygens (including phenoxy) is 1. The summed E-state index contributed by atoms with van der Waals surface area (Å²) in [6.07, 6.45) is 0.0133. The van der Waals surface area contributed by atoms with Gasteiger partial charge in [0.1, 0.15) is 5.75 Å². The second-order valence-corrected chi connectivity index (χ2v) is 17.6.